The van der Waals surface area contributed by atoms with Crippen molar-refractivity contribution in [2.24, 2.45) is 5.73 Å². The first-order valence-corrected chi connectivity index (χ1v) is 5.62. The van der Waals surface area contributed by atoms with Gasteiger partial charge in [-0.1, -0.05) is 18.2 Å². The van der Waals surface area contributed by atoms with Crippen molar-refractivity contribution in [3.63, 3.8) is 0 Å². The lowest BCUT2D eigenvalue weighted by Gasteiger charge is -2.22. The van der Waals surface area contributed by atoms with E-state index in [1.165, 1.54) is 0 Å². The van der Waals surface area contributed by atoms with Gasteiger partial charge < -0.3 is 15.2 Å². The molecule has 4 nitrogen and oxygen atoms in total. The molecule has 0 saturated carbocycles. The molecule has 1 rings (SSSR count). The van der Waals surface area contributed by atoms with E-state index in [0.717, 1.165) is 11.3 Å². The lowest BCUT2D eigenvalue weighted by atomic mass is 10.1. The zero-order valence-corrected chi connectivity index (χ0v) is 10.5. The number of carbonyl (C=O) groups is 1. The van der Waals surface area contributed by atoms with Crippen molar-refractivity contribution in [1.29, 1.82) is 0 Å². The van der Waals surface area contributed by atoms with E-state index < -0.39 is 11.5 Å². The fourth-order valence-electron chi connectivity index (χ4n) is 1.30. The number of carbonyl (C=O) groups excluding carboxylic acids is 1. The molecule has 0 amide bonds. The molecule has 0 bridgehead atoms. The topological polar surface area (TPSA) is 61.5 Å². The molecule has 0 fully saturated rings. The molecule has 1 atom stereocenters. The molecule has 0 heterocycles. The second kappa shape index (κ2) is 5.68. The number of rotatable bonds is 5. The normalized spacial score (nSPS) is 13.9. The summed E-state index contributed by atoms with van der Waals surface area (Å²) in [5.74, 6) is 0.280. The van der Waals surface area contributed by atoms with E-state index in [2.05, 4.69) is 0 Å². The van der Waals surface area contributed by atoms with Crippen LogP contribution in [0.3, 0.4) is 0 Å². The van der Waals surface area contributed by atoms with Gasteiger partial charge in [0.25, 0.3) is 0 Å². The summed E-state index contributed by atoms with van der Waals surface area (Å²) in [7, 11) is 0. The van der Waals surface area contributed by atoms with E-state index in [0.29, 0.717) is 6.61 Å². The summed E-state index contributed by atoms with van der Waals surface area (Å²) in [6, 6.07) is 7.58. The minimum atomic E-state index is -1.13. The molecule has 17 heavy (non-hydrogen) atoms. The first-order valence-electron chi connectivity index (χ1n) is 5.62. The molecular formula is C13H19NO3. The van der Waals surface area contributed by atoms with Crippen LogP contribution in [0.2, 0.25) is 0 Å². The first-order chi connectivity index (χ1) is 7.97. The van der Waals surface area contributed by atoms with Crippen molar-refractivity contribution in [3.05, 3.63) is 29.8 Å². The van der Waals surface area contributed by atoms with Crippen LogP contribution in [0, 0.1) is 6.92 Å². The van der Waals surface area contributed by atoms with Gasteiger partial charge in [0.1, 0.15) is 17.9 Å². The third-order valence-corrected chi connectivity index (χ3v) is 2.36. The van der Waals surface area contributed by atoms with Gasteiger partial charge in [0.2, 0.25) is 0 Å². The summed E-state index contributed by atoms with van der Waals surface area (Å²) in [5, 5.41) is 0. The minimum absolute atomic E-state index is 0.0939. The Bertz CT molecular complexity index is 388. The molecule has 0 saturated heterocycles. The Balaban J connectivity index is 2.61. The second-order valence-electron chi connectivity index (χ2n) is 4.19. The summed E-state index contributed by atoms with van der Waals surface area (Å²) in [6.07, 6.45) is 0. The van der Waals surface area contributed by atoms with E-state index in [9.17, 15) is 4.79 Å². The van der Waals surface area contributed by atoms with Gasteiger partial charge in [-0.15, -0.1) is 0 Å². The molecule has 0 aliphatic carbocycles. The van der Waals surface area contributed by atoms with Gasteiger partial charge in [-0.25, -0.2) is 4.79 Å². The summed E-state index contributed by atoms with van der Waals surface area (Å²) < 4.78 is 10.4. The van der Waals surface area contributed by atoms with Crippen LogP contribution in [-0.2, 0) is 9.53 Å². The average molecular weight is 237 g/mol. The lowest BCUT2D eigenvalue weighted by Crippen LogP contribution is -2.51. The van der Waals surface area contributed by atoms with Crippen molar-refractivity contribution >= 4 is 5.97 Å². The van der Waals surface area contributed by atoms with Crippen LogP contribution in [-0.4, -0.2) is 24.7 Å². The van der Waals surface area contributed by atoms with Crippen molar-refractivity contribution in [1.82, 2.24) is 0 Å². The SMILES string of the molecule is CCOC(=O)C(C)(N)COc1ccccc1C. The van der Waals surface area contributed by atoms with Gasteiger partial charge in [-0.05, 0) is 32.4 Å². The summed E-state index contributed by atoms with van der Waals surface area (Å²) in [4.78, 5) is 11.5. The van der Waals surface area contributed by atoms with Crippen LogP contribution in [0.1, 0.15) is 19.4 Å². The molecule has 0 aliphatic heterocycles. The average Bonchev–Trinajstić information content (AvgIpc) is 2.28. The maximum absolute atomic E-state index is 11.5. The largest absolute Gasteiger partial charge is 0.491 e. The lowest BCUT2D eigenvalue weighted by molar-refractivity contribution is -0.150. The number of para-hydroxylation sites is 1. The highest BCUT2D eigenvalue weighted by Gasteiger charge is 2.31. The Hall–Kier alpha value is -1.55. The monoisotopic (exact) mass is 237 g/mol. The number of aryl methyl sites for hydroxylation is 1. The van der Waals surface area contributed by atoms with Crippen LogP contribution in [0.4, 0.5) is 0 Å². The third-order valence-electron chi connectivity index (χ3n) is 2.36. The molecule has 0 aliphatic rings. The smallest absolute Gasteiger partial charge is 0.329 e. The maximum Gasteiger partial charge on any atom is 0.329 e. The predicted molar refractivity (Wildman–Crippen MR) is 65.9 cm³/mol. The number of ether oxygens (including phenoxy) is 2. The highest BCUT2D eigenvalue weighted by Crippen LogP contribution is 2.17. The van der Waals surface area contributed by atoms with Crippen LogP contribution in [0.15, 0.2) is 24.3 Å². The van der Waals surface area contributed by atoms with Gasteiger partial charge in [0, 0.05) is 0 Å². The molecule has 0 spiro atoms. The summed E-state index contributed by atoms with van der Waals surface area (Å²) in [5.41, 5.74) is 5.72. The van der Waals surface area contributed by atoms with Crippen LogP contribution in [0.5, 0.6) is 5.75 Å². The Morgan fingerprint density at radius 2 is 2.06 bits per heavy atom. The van der Waals surface area contributed by atoms with E-state index in [1.54, 1.807) is 13.8 Å². The van der Waals surface area contributed by atoms with Crippen molar-refractivity contribution < 1.29 is 14.3 Å². The Kier molecular flexibility index (Phi) is 4.52. The van der Waals surface area contributed by atoms with Gasteiger partial charge in [-0.3, -0.25) is 0 Å². The van der Waals surface area contributed by atoms with E-state index >= 15 is 0 Å². The predicted octanol–water partition coefficient (Wildman–Crippen LogP) is 1.65. The van der Waals surface area contributed by atoms with E-state index in [-0.39, 0.29) is 6.61 Å². The molecule has 1 aromatic carbocycles. The maximum atomic E-state index is 11.5. The van der Waals surface area contributed by atoms with Crippen LogP contribution < -0.4 is 10.5 Å². The molecule has 1 aromatic rings. The van der Waals surface area contributed by atoms with Crippen molar-refractivity contribution in [3.8, 4) is 5.75 Å². The minimum Gasteiger partial charge on any atom is -0.491 e. The Labute approximate surface area is 102 Å². The number of benzene rings is 1. The molecule has 2 N–H and O–H groups in total. The highest BCUT2D eigenvalue weighted by molar-refractivity contribution is 5.80. The van der Waals surface area contributed by atoms with Gasteiger partial charge >= 0.3 is 5.97 Å². The number of esters is 1. The highest BCUT2D eigenvalue weighted by atomic mass is 16.5. The number of hydrogen-bond acceptors (Lipinski definition) is 4. The van der Waals surface area contributed by atoms with E-state index in [1.807, 2.05) is 31.2 Å². The molecule has 0 aromatic heterocycles. The summed E-state index contributed by atoms with van der Waals surface area (Å²) in [6.45, 7) is 5.69. The third kappa shape index (κ3) is 3.75. The number of hydrogen-bond donors (Lipinski definition) is 1. The fourth-order valence-corrected chi connectivity index (χ4v) is 1.30. The number of nitrogens with two attached hydrogens (primary N) is 1. The molecular weight excluding hydrogens is 218 g/mol. The van der Waals surface area contributed by atoms with Crippen molar-refractivity contribution in [2.75, 3.05) is 13.2 Å². The van der Waals surface area contributed by atoms with Crippen LogP contribution in [0.25, 0.3) is 0 Å². The molecule has 0 radical (unpaired) electrons. The first kappa shape index (κ1) is 13.5. The van der Waals surface area contributed by atoms with Crippen LogP contribution >= 0.6 is 0 Å². The standard InChI is InChI=1S/C13H19NO3/c1-4-16-12(15)13(3,14)9-17-11-8-6-5-7-10(11)2/h5-8H,4,9,14H2,1-3H3. The fraction of sp³-hybridized carbons (Fsp3) is 0.462. The zero-order chi connectivity index (χ0) is 12.9. The zero-order valence-electron chi connectivity index (χ0n) is 10.5. The van der Waals surface area contributed by atoms with Gasteiger partial charge in [0.05, 0.1) is 6.61 Å². The second-order valence-corrected chi connectivity index (χ2v) is 4.19. The van der Waals surface area contributed by atoms with E-state index in [4.69, 9.17) is 15.2 Å². The van der Waals surface area contributed by atoms with Crippen molar-refractivity contribution in [2.45, 2.75) is 26.3 Å². The molecule has 94 valence electrons. The molecule has 1 unspecified atom stereocenters. The van der Waals surface area contributed by atoms with Gasteiger partial charge in [-0.2, -0.15) is 0 Å². The summed E-state index contributed by atoms with van der Waals surface area (Å²) >= 11 is 0. The Morgan fingerprint density at radius 1 is 1.41 bits per heavy atom. The molecule has 4 heteroatoms. The quantitative estimate of drug-likeness (QED) is 0.791. The Morgan fingerprint density at radius 3 is 2.65 bits per heavy atom. The van der Waals surface area contributed by atoms with Gasteiger partial charge in [0.15, 0.2) is 0 Å².